The molecule has 3 aromatic carbocycles. The molecule has 0 amide bonds. The Bertz CT molecular complexity index is 1360. The summed E-state index contributed by atoms with van der Waals surface area (Å²) in [6, 6.07) is 24.2. The van der Waals surface area contributed by atoms with E-state index in [-0.39, 0.29) is 0 Å². The lowest BCUT2D eigenvalue weighted by Crippen LogP contribution is -1.98. The van der Waals surface area contributed by atoms with Gasteiger partial charge in [0.05, 0.1) is 17.2 Å². The maximum Gasteiger partial charge on any atom is 0.336 e. The third-order valence-electron chi connectivity index (χ3n) is 4.45. The lowest BCUT2D eigenvalue weighted by molar-refractivity contribution is 0.461. The van der Waals surface area contributed by atoms with Crippen LogP contribution in [-0.4, -0.2) is 9.97 Å². The molecule has 5 rings (SSSR count). The van der Waals surface area contributed by atoms with E-state index in [0.717, 1.165) is 27.5 Å². The van der Waals surface area contributed by atoms with Crippen molar-refractivity contribution < 1.29 is 9.15 Å². The van der Waals surface area contributed by atoms with Gasteiger partial charge in [-0.25, -0.2) is 14.8 Å². The summed E-state index contributed by atoms with van der Waals surface area (Å²) in [5.74, 6) is 0.894. The van der Waals surface area contributed by atoms with E-state index in [1.54, 1.807) is 12.3 Å². The summed E-state index contributed by atoms with van der Waals surface area (Å²) in [5.41, 5.74) is 3.37. The third-order valence-corrected chi connectivity index (χ3v) is 4.45. The molecule has 0 aliphatic rings. The predicted molar refractivity (Wildman–Crippen MR) is 108 cm³/mol. The van der Waals surface area contributed by atoms with Crippen molar-refractivity contribution in [2.45, 2.75) is 0 Å². The number of ether oxygens (including phenoxy) is 1. The number of benzene rings is 3. The van der Waals surface area contributed by atoms with Gasteiger partial charge in [-0.05, 0) is 35.4 Å². The first-order valence-corrected chi connectivity index (χ1v) is 8.79. The van der Waals surface area contributed by atoms with Crippen LogP contribution < -0.4 is 10.4 Å². The lowest BCUT2D eigenvalue weighted by Gasteiger charge is -2.08. The quantitative estimate of drug-likeness (QED) is 0.411. The molecule has 0 fully saturated rings. The molecule has 0 aliphatic heterocycles. The molecule has 0 radical (unpaired) electrons. The van der Waals surface area contributed by atoms with Crippen molar-refractivity contribution in [2.75, 3.05) is 0 Å². The van der Waals surface area contributed by atoms with Crippen molar-refractivity contribution in [2.24, 2.45) is 0 Å². The molecule has 0 bridgehead atoms. The Labute approximate surface area is 159 Å². The van der Waals surface area contributed by atoms with Gasteiger partial charge in [0.2, 0.25) is 5.88 Å². The molecule has 28 heavy (non-hydrogen) atoms. The molecule has 0 unspecified atom stereocenters. The Morgan fingerprint density at radius 1 is 0.821 bits per heavy atom. The minimum absolute atomic E-state index is 0.375. The first-order chi connectivity index (χ1) is 13.8. The van der Waals surface area contributed by atoms with Gasteiger partial charge in [-0.1, -0.05) is 42.5 Å². The number of nitrogens with zero attached hydrogens (tertiary/aromatic N) is 2. The molecule has 0 aliphatic carbocycles. The predicted octanol–water partition coefficient (Wildman–Crippen LogP) is 5.20. The van der Waals surface area contributed by atoms with Crippen LogP contribution in [-0.2, 0) is 0 Å². The molecule has 2 heterocycles. The fourth-order valence-corrected chi connectivity index (χ4v) is 3.17. The Hall–Kier alpha value is -3.99. The molecule has 0 N–H and O–H groups in total. The second kappa shape index (κ2) is 6.63. The van der Waals surface area contributed by atoms with Gasteiger partial charge in [0.15, 0.2) is 0 Å². The van der Waals surface area contributed by atoms with Gasteiger partial charge in [-0.3, -0.25) is 0 Å². The van der Waals surface area contributed by atoms with E-state index in [1.807, 2.05) is 66.7 Å². The standard InChI is InChI=1S/C23H14N2O3/c26-23-13-18(15-6-2-1-3-7-15)17-11-10-16(12-21(17)28-23)27-22-14-24-19-8-4-5-9-20(19)25-22/h1-14H. The molecule has 2 aromatic heterocycles. The number of fused-ring (bicyclic) bond motifs is 2. The maximum absolute atomic E-state index is 12.1. The van der Waals surface area contributed by atoms with Crippen molar-refractivity contribution in [3.05, 3.63) is 95.5 Å². The van der Waals surface area contributed by atoms with Gasteiger partial charge < -0.3 is 9.15 Å². The topological polar surface area (TPSA) is 65.2 Å². The van der Waals surface area contributed by atoms with Gasteiger partial charge in [-0.2, -0.15) is 0 Å². The van der Waals surface area contributed by atoms with Crippen LogP contribution in [0.3, 0.4) is 0 Å². The van der Waals surface area contributed by atoms with Crippen LogP contribution in [0.1, 0.15) is 0 Å². The maximum atomic E-state index is 12.1. The van der Waals surface area contributed by atoms with E-state index < -0.39 is 5.63 Å². The van der Waals surface area contributed by atoms with Crippen LogP contribution in [0, 0.1) is 0 Å². The van der Waals surface area contributed by atoms with E-state index in [1.165, 1.54) is 6.07 Å². The van der Waals surface area contributed by atoms with Gasteiger partial charge in [0.25, 0.3) is 0 Å². The first kappa shape index (κ1) is 16.2. The molecule has 134 valence electrons. The summed E-state index contributed by atoms with van der Waals surface area (Å²) >= 11 is 0. The molecule has 0 saturated carbocycles. The van der Waals surface area contributed by atoms with E-state index in [2.05, 4.69) is 9.97 Å². The van der Waals surface area contributed by atoms with Gasteiger partial charge in [-0.15, -0.1) is 0 Å². The third kappa shape index (κ3) is 2.99. The Balaban J connectivity index is 1.57. The summed E-state index contributed by atoms with van der Waals surface area (Å²) in [6.45, 7) is 0. The van der Waals surface area contributed by atoms with Gasteiger partial charge in [0, 0.05) is 17.5 Å². The highest BCUT2D eigenvalue weighted by atomic mass is 16.5. The highest BCUT2D eigenvalue weighted by Gasteiger charge is 2.10. The number of para-hydroxylation sites is 2. The van der Waals surface area contributed by atoms with Crippen LogP contribution >= 0.6 is 0 Å². The van der Waals surface area contributed by atoms with Crippen molar-refractivity contribution in [3.8, 4) is 22.8 Å². The molecule has 5 aromatic rings. The van der Waals surface area contributed by atoms with Crippen LogP contribution in [0.15, 0.2) is 94.3 Å². The fourth-order valence-electron chi connectivity index (χ4n) is 3.17. The smallest absolute Gasteiger partial charge is 0.336 e. The minimum atomic E-state index is -0.408. The average molecular weight is 366 g/mol. The highest BCUT2D eigenvalue weighted by Crippen LogP contribution is 2.31. The normalized spacial score (nSPS) is 11.0. The van der Waals surface area contributed by atoms with E-state index in [4.69, 9.17) is 9.15 Å². The number of aromatic nitrogens is 2. The van der Waals surface area contributed by atoms with E-state index >= 15 is 0 Å². The van der Waals surface area contributed by atoms with E-state index in [0.29, 0.717) is 17.2 Å². The Morgan fingerprint density at radius 3 is 2.46 bits per heavy atom. The summed E-state index contributed by atoms with van der Waals surface area (Å²) < 4.78 is 11.2. The largest absolute Gasteiger partial charge is 0.437 e. The van der Waals surface area contributed by atoms with Crippen molar-refractivity contribution >= 4 is 22.0 Å². The summed E-state index contributed by atoms with van der Waals surface area (Å²) in [4.78, 5) is 20.9. The highest BCUT2D eigenvalue weighted by molar-refractivity contribution is 5.93. The van der Waals surface area contributed by atoms with E-state index in [9.17, 15) is 4.79 Å². The fraction of sp³-hybridized carbons (Fsp3) is 0. The molecular formula is C23H14N2O3. The van der Waals surface area contributed by atoms with Gasteiger partial charge >= 0.3 is 5.63 Å². The second-order valence-electron chi connectivity index (χ2n) is 6.30. The zero-order valence-corrected chi connectivity index (χ0v) is 14.7. The van der Waals surface area contributed by atoms with Crippen molar-refractivity contribution in [1.82, 2.24) is 9.97 Å². The van der Waals surface area contributed by atoms with Gasteiger partial charge in [0.1, 0.15) is 11.3 Å². The molecule has 0 atom stereocenters. The Kier molecular flexibility index (Phi) is 3.84. The summed E-state index contributed by atoms with van der Waals surface area (Å²) in [5, 5.41) is 0.836. The van der Waals surface area contributed by atoms with Crippen molar-refractivity contribution in [1.29, 1.82) is 0 Å². The lowest BCUT2D eigenvalue weighted by atomic mass is 10.0. The number of hydrogen-bond acceptors (Lipinski definition) is 5. The van der Waals surface area contributed by atoms with Crippen LogP contribution in [0.2, 0.25) is 0 Å². The second-order valence-corrected chi connectivity index (χ2v) is 6.30. The summed E-state index contributed by atoms with van der Waals surface area (Å²) in [6.07, 6.45) is 1.57. The SMILES string of the molecule is O=c1cc(-c2ccccc2)c2ccc(Oc3cnc4ccccc4n3)cc2o1. The molecule has 0 saturated heterocycles. The minimum Gasteiger partial charge on any atom is -0.437 e. The number of rotatable bonds is 3. The average Bonchev–Trinajstić information content (AvgIpc) is 2.73. The summed E-state index contributed by atoms with van der Waals surface area (Å²) in [7, 11) is 0. The van der Waals surface area contributed by atoms with Crippen molar-refractivity contribution in [3.63, 3.8) is 0 Å². The molecule has 0 spiro atoms. The first-order valence-electron chi connectivity index (χ1n) is 8.79. The van der Waals surface area contributed by atoms with Crippen LogP contribution in [0.5, 0.6) is 11.6 Å². The molecular weight excluding hydrogens is 352 g/mol. The van der Waals surface area contributed by atoms with Crippen LogP contribution in [0.4, 0.5) is 0 Å². The number of hydrogen-bond donors (Lipinski definition) is 0. The zero-order chi connectivity index (χ0) is 18.9. The monoisotopic (exact) mass is 366 g/mol. The van der Waals surface area contributed by atoms with Crippen LogP contribution in [0.25, 0.3) is 33.1 Å². The zero-order valence-electron chi connectivity index (χ0n) is 14.7. The molecule has 5 nitrogen and oxygen atoms in total. The molecule has 5 heteroatoms. The Morgan fingerprint density at radius 2 is 1.61 bits per heavy atom.